The molecule has 2 heterocycles. The van der Waals surface area contributed by atoms with Crippen LogP contribution in [0.2, 0.25) is 0 Å². The number of nitrogens with zero attached hydrogens (tertiary/aromatic N) is 2. The zero-order valence-electron chi connectivity index (χ0n) is 16.8. The van der Waals surface area contributed by atoms with E-state index in [2.05, 4.69) is 0 Å². The van der Waals surface area contributed by atoms with Crippen LogP contribution in [0.5, 0.6) is 11.5 Å². The number of carbonyl (C=O) groups is 2. The van der Waals surface area contributed by atoms with E-state index < -0.39 is 0 Å². The molecule has 0 N–H and O–H groups in total. The van der Waals surface area contributed by atoms with Gasteiger partial charge in [-0.25, -0.2) is 0 Å². The maximum absolute atomic E-state index is 13.2. The van der Waals surface area contributed by atoms with Crippen LogP contribution in [0, 0.1) is 5.92 Å². The Morgan fingerprint density at radius 1 is 1.10 bits per heavy atom. The van der Waals surface area contributed by atoms with Gasteiger partial charge in [0.25, 0.3) is 0 Å². The van der Waals surface area contributed by atoms with Gasteiger partial charge in [-0.15, -0.1) is 0 Å². The molecular weight excluding hydrogens is 368 g/mol. The third-order valence-corrected chi connectivity index (χ3v) is 5.48. The van der Waals surface area contributed by atoms with Crippen molar-refractivity contribution >= 4 is 11.8 Å². The normalized spacial score (nSPS) is 17.8. The topological polar surface area (TPSA) is 59.1 Å². The molecule has 0 aliphatic carbocycles. The van der Waals surface area contributed by atoms with Crippen molar-refractivity contribution in [1.82, 2.24) is 9.80 Å². The molecule has 2 aliphatic rings. The molecule has 4 rings (SSSR count). The molecule has 2 amide bonds. The number of benzene rings is 2. The lowest BCUT2D eigenvalue weighted by molar-refractivity contribution is -0.138. The summed E-state index contributed by atoms with van der Waals surface area (Å²) in [6.07, 6.45) is 0.265. The van der Waals surface area contributed by atoms with Crippen LogP contribution in [0.15, 0.2) is 48.5 Å². The molecule has 6 nitrogen and oxygen atoms in total. The number of fused-ring (bicyclic) bond motifs is 1. The first kappa shape index (κ1) is 19.3. The molecule has 29 heavy (non-hydrogen) atoms. The molecule has 6 heteroatoms. The quantitative estimate of drug-likeness (QED) is 0.755. The summed E-state index contributed by atoms with van der Waals surface area (Å²) in [7, 11) is 0. The van der Waals surface area contributed by atoms with Gasteiger partial charge >= 0.3 is 0 Å². The van der Waals surface area contributed by atoms with E-state index in [1.165, 1.54) is 0 Å². The molecule has 2 aromatic rings. The predicted octanol–water partition coefficient (Wildman–Crippen LogP) is 3.20. The van der Waals surface area contributed by atoms with Crippen molar-refractivity contribution in [3.05, 3.63) is 59.7 Å². The second kappa shape index (κ2) is 8.15. The second-order valence-electron chi connectivity index (χ2n) is 7.91. The molecule has 0 radical (unpaired) electrons. The Hall–Kier alpha value is -3.02. The number of hydrogen-bond donors (Lipinski definition) is 0. The minimum atomic E-state index is -0.303. The molecule has 0 saturated carbocycles. The second-order valence-corrected chi connectivity index (χ2v) is 7.91. The Labute approximate surface area is 171 Å². The van der Waals surface area contributed by atoms with Crippen LogP contribution in [0.1, 0.15) is 31.4 Å². The lowest BCUT2D eigenvalue weighted by Gasteiger charge is -2.29. The fourth-order valence-electron chi connectivity index (χ4n) is 3.88. The van der Waals surface area contributed by atoms with Crippen molar-refractivity contribution in [1.29, 1.82) is 0 Å². The van der Waals surface area contributed by atoms with Crippen LogP contribution in [0.25, 0.3) is 0 Å². The van der Waals surface area contributed by atoms with Crippen molar-refractivity contribution in [3.63, 3.8) is 0 Å². The summed E-state index contributed by atoms with van der Waals surface area (Å²) in [6.45, 7) is 5.74. The number of likely N-dealkylation sites (tertiary alicyclic amines) is 1. The Morgan fingerprint density at radius 2 is 1.86 bits per heavy atom. The van der Waals surface area contributed by atoms with Gasteiger partial charge in [-0.3, -0.25) is 9.59 Å². The van der Waals surface area contributed by atoms with Crippen LogP contribution < -0.4 is 9.47 Å². The highest BCUT2D eigenvalue weighted by Gasteiger charge is 2.37. The Balaban J connectivity index is 1.42. The van der Waals surface area contributed by atoms with E-state index in [-0.39, 0.29) is 37.0 Å². The van der Waals surface area contributed by atoms with Crippen LogP contribution in [0.4, 0.5) is 0 Å². The van der Waals surface area contributed by atoms with Gasteiger partial charge in [0.15, 0.2) is 11.5 Å². The fourth-order valence-corrected chi connectivity index (χ4v) is 3.88. The number of amides is 2. The molecule has 1 saturated heterocycles. The SMILES string of the molecule is CC(C)N(Cc1ccccc1)C(=O)C1CC(=O)N(Cc2ccc3c(c2)OCO3)C1. The smallest absolute Gasteiger partial charge is 0.231 e. The van der Waals surface area contributed by atoms with Crippen LogP contribution >= 0.6 is 0 Å². The van der Waals surface area contributed by atoms with Crippen LogP contribution in [-0.4, -0.2) is 41.0 Å². The predicted molar refractivity (Wildman–Crippen MR) is 108 cm³/mol. The van der Waals surface area contributed by atoms with Gasteiger partial charge in [0.1, 0.15) is 0 Å². The summed E-state index contributed by atoms with van der Waals surface area (Å²) in [6, 6.07) is 15.7. The van der Waals surface area contributed by atoms with Crippen molar-refractivity contribution in [2.24, 2.45) is 5.92 Å². The summed E-state index contributed by atoms with van der Waals surface area (Å²) in [5.41, 5.74) is 2.07. The van der Waals surface area contributed by atoms with Crippen molar-refractivity contribution in [2.45, 2.75) is 39.4 Å². The monoisotopic (exact) mass is 394 g/mol. The van der Waals surface area contributed by atoms with E-state index in [4.69, 9.17) is 9.47 Å². The summed E-state index contributed by atoms with van der Waals surface area (Å²) in [4.78, 5) is 29.4. The molecule has 0 aromatic heterocycles. The summed E-state index contributed by atoms with van der Waals surface area (Å²) >= 11 is 0. The highest BCUT2D eigenvalue weighted by atomic mass is 16.7. The molecule has 0 spiro atoms. The van der Waals surface area contributed by atoms with E-state index >= 15 is 0 Å². The van der Waals surface area contributed by atoms with Crippen LogP contribution in [0.3, 0.4) is 0 Å². The van der Waals surface area contributed by atoms with Gasteiger partial charge in [0.05, 0.1) is 5.92 Å². The third kappa shape index (κ3) is 4.21. The Kier molecular flexibility index (Phi) is 5.43. The molecule has 1 fully saturated rings. The molecule has 2 aliphatic heterocycles. The average molecular weight is 394 g/mol. The van der Waals surface area contributed by atoms with Gasteiger partial charge in [-0.2, -0.15) is 0 Å². The molecule has 1 unspecified atom stereocenters. The van der Waals surface area contributed by atoms with Crippen molar-refractivity contribution < 1.29 is 19.1 Å². The van der Waals surface area contributed by atoms with E-state index in [1.807, 2.05) is 67.3 Å². The van der Waals surface area contributed by atoms with E-state index in [0.717, 1.165) is 16.9 Å². The minimum absolute atomic E-state index is 0.0180. The van der Waals surface area contributed by atoms with Gasteiger partial charge < -0.3 is 19.3 Å². The first-order chi connectivity index (χ1) is 14.0. The lowest BCUT2D eigenvalue weighted by atomic mass is 10.1. The summed E-state index contributed by atoms with van der Waals surface area (Å²) in [5.74, 6) is 1.19. The average Bonchev–Trinajstić information content (AvgIpc) is 3.32. The maximum atomic E-state index is 13.2. The Bertz CT molecular complexity index is 897. The summed E-state index contributed by atoms with van der Waals surface area (Å²) < 4.78 is 10.8. The molecule has 1 atom stereocenters. The molecule has 2 aromatic carbocycles. The van der Waals surface area contributed by atoms with Crippen molar-refractivity contribution in [2.75, 3.05) is 13.3 Å². The van der Waals surface area contributed by atoms with E-state index in [9.17, 15) is 9.59 Å². The lowest BCUT2D eigenvalue weighted by Crippen LogP contribution is -2.41. The molecule has 0 bridgehead atoms. The zero-order chi connectivity index (χ0) is 20.4. The Morgan fingerprint density at radius 3 is 2.62 bits per heavy atom. The number of ether oxygens (including phenoxy) is 2. The minimum Gasteiger partial charge on any atom is -0.454 e. The zero-order valence-corrected chi connectivity index (χ0v) is 16.8. The van der Waals surface area contributed by atoms with Gasteiger partial charge in [0.2, 0.25) is 18.6 Å². The van der Waals surface area contributed by atoms with E-state index in [1.54, 1.807) is 4.90 Å². The van der Waals surface area contributed by atoms with Gasteiger partial charge in [0, 0.05) is 32.1 Å². The largest absolute Gasteiger partial charge is 0.454 e. The number of hydrogen-bond acceptors (Lipinski definition) is 4. The number of rotatable bonds is 6. The van der Waals surface area contributed by atoms with E-state index in [0.29, 0.717) is 25.4 Å². The van der Waals surface area contributed by atoms with Crippen LogP contribution in [-0.2, 0) is 22.7 Å². The standard InChI is InChI=1S/C23H26N2O4/c1-16(2)25(13-17-6-4-3-5-7-17)23(27)19-11-22(26)24(14-19)12-18-8-9-20-21(10-18)29-15-28-20/h3-10,16,19H,11-15H2,1-2H3. The highest BCUT2D eigenvalue weighted by molar-refractivity contribution is 5.89. The first-order valence-electron chi connectivity index (χ1n) is 10.0. The van der Waals surface area contributed by atoms with Gasteiger partial charge in [-0.05, 0) is 37.1 Å². The first-order valence-corrected chi connectivity index (χ1v) is 10.0. The summed E-state index contributed by atoms with van der Waals surface area (Å²) in [5, 5.41) is 0. The highest BCUT2D eigenvalue weighted by Crippen LogP contribution is 2.33. The van der Waals surface area contributed by atoms with Gasteiger partial charge in [-0.1, -0.05) is 36.4 Å². The van der Waals surface area contributed by atoms with Crippen molar-refractivity contribution in [3.8, 4) is 11.5 Å². The maximum Gasteiger partial charge on any atom is 0.231 e. The fraction of sp³-hybridized carbons (Fsp3) is 0.391. The molecular formula is C23H26N2O4. The third-order valence-electron chi connectivity index (χ3n) is 5.48. The number of carbonyl (C=O) groups excluding carboxylic acids is 2. The molecule has 152 valence electrons.